The molecule has 1 heterocycles. The third-order valence-electron chi connectivity index (χ3n) is 4.08. The smallest absolute Gasteiger partial charge is 0.134 e. The molecule has 0 saturated heterocycles. The predicted molar refractivity (Wildman–Crippen MR) is 116 cm³/mol. The molecule has 5 heteroatoms. The summed E-state index contributed by atoms with van der Waals surface area (Å²) in [5.41, 5.74) is 11.3. The van der Waals surface area contributed by atoms with E-state index in [1.807, 2.05) is 67.6 Å². The van der Waals surface area contributed by atoms with Gasteiger partial charge in [-0.2, -0.15) is 0 Å². The van der Waals surface area contributed by atoms with Crippen LogP contribution in [-0.2, 0) is 0 Å². The van der Waals surface area contributed by atoms with Gasteiger partial charge in [-0.1, -0.05) is 48.9 Å². The SMILES string of the molecule is CCCN=C(Nc1cc(C)nc(-c2ccccc2Cl)c1)c1ccccc1N. The molecule has 3 N–H and O–H groups in total. The monoisotopic (exact) mass is 378 g/mol. The molecule has 0 radical (unpaired) electrons. The first kappa shape index (κ1) is 18.9. The summed E-state index contributed by atoms with van der Waals surface area (Å²) in [7, 11) is 0. The van der Waals surface area contributed by atoms with E-state index in [0.717, 1.165) is 47.0 Å². The third kappa shape index (κ3) is 4.66. The number of aliphatic imine (C=N–C) groups is 1. The van der Waals surface area contributed by atoms with Crippen molar-refractivity contribution in [3.05, 3.63) is 76.9 Å². The van der Waals surface area contributed by atoms with Crippen LogP contribution in [0.5, 0.6) is 0 Å². The molecule has 0 atom stereocenters. The minimum atomic E-state index is 0.675. The van der Waals surface area contributed by atoms with E-state index >= 15 is 0 Å². The van der Waals surface area contributed by atoms with Gasteiger partial charge in [0.25, 0.3) is 0 Å². The van der Waals surface area contributed by atoms with Crippen LogP contribution in [0.15, 0.2) is 65.7 Å². The number of hydrogen-bond donors (Lipinski definition) is 2. The van der Waals surface area contributed by atoms with Crippen LogP contribution in [-0.4, -0.2) is 17.4 Å². The van der Waals surface area contributed by atoms with E-state index in [-0.39, 0.29) is 0 Å². The first-order chi connectivity index (χ1) is 13.1. The summed E-state index contributed by atoms with van der Waals surface area (Å²) in [6.45, 7) is 4.78. The van der Waals surface area contributed by atoms with Crippen LogP contribution < -0.4 is 11.1 Å². The lowest BCUT2D eigenvalue weighted by atomic mass is 10.1. The van der Waals surface area contributed by atoms with E-state index in [4.69, 9.17) is 22.3 Å². The van der Waals surface area contributed by atoms with Gasteiger partial charge in [-0.25, -0.2) is 0 Å². The Morgan fingerprint density at radius 1 is 1.11 bits per heavy atom. The van der Waals surface area contributed by atoms with Gasteiger partial charge in [-0.3, -0.25) is 9.98 Å². The van der Waals surface area contributed by atoms with Gasteiger partial charge in [0.1, 0.15) is 5.84 Å². The maximum atomic E-state index is 6.35. The molecule has 1 aromatic heterocycles. The van der Waals surface area contributed by atoms with E-state index < -0.39 is 0 Å². The quantitative estimate of drug-likeness (QED) is 0.347. The zero-order chi connectivity index (χ0) is 19.2. The van der Waals surface area contributed by atoms with E-state index in [1.165, 1.54) is 0 Å². The largest absolute Gasteiger partial charge is 0.398 e. The van der Waals surface area contributed by atoms with Gasteiger partial charge in [-0.15, -0.1) is 0 Å². The third-order valence-corrected chi connectivity index (χ3v) is 4.40. The molecular weight excluding hydrogens is 356 g/mol. The number of nitrogens with zero attached hydrogens (tertiary/aromatic N) is 2. The number of nitrogens with two attached hydrogens (primary N) is 1. The first-order valence-electron chi connectivity index (χ1n) is 8.98. The fourth-order valence-corrected chi connectivity index (χ4v) is 3.05. The minimum absolute atomic E-state index is 0.675. The molecule has 0 aliphatic carbocycles. The van der Waals surface area contributed by atoms with E-state index in [1.54, 1.807) is 0 Å². The molecule has 0 fully saturated rings. The van der Waals surface area contributed by atoms with Crippen molar-refractivity contribution in [1.29, 1.82) is 0 Å². The number of amidine groups is 1. The highest BCUT2D eigenvalue weighted by Gasteiger charge is 2.11. The molecule has 0 aliphatic rings. The Hall–Kier alpha value is -2.85. The van der Waals surface area contributed by atoms with Crippen molar-refractivity contribution in [2.45, 2.75) is 20.3 Å². The Morgan fingerprint density at radius 2 is 1.85 bits per heavy atom. The van der Waals surface area contributed by atoms with Gasteiger partial charge in [0.2, 0.25) is 0 Å². The molecule has 3 rings (SSSR count). The summed E-state index contributed by atoms with van der Waals surface area (Å²) in [5.74, 6) is 0.755. The van der Waals surface area contributed by atoms with Crippen LogP contribution in [0, 0.1) is 6.92 Å². The van der Waals surface area contributed by atoms with E-state index in [9.17, 15) is 0 Å². The fourth-order valence-electron chi connectivity index (χ4n) is 2.81. The van der Waals surface area contributed by atoms with Gasteiger partial charge in [-0.05, 0) is 43.7 Å². The predicted octanol–water partition coefficient (Wildman–Crippen LogP) is 5.56. The molecule has 0 aliphatic heterocycles. The lowest BCUT2D eigenvalue weighted by molar-refractivity contribution is 0.932. The lowest BCUT2D eigenvalue weighted by Crippen LogP contribution is -2.16. The van der Waals surface area contributed by atoms with E-state index in [2.05, 4.69) is 17.2 Å². The number of nitrogen functional groups attached to an aromatic ring is 1. The molecule has 4 nitrogen and oxygen atoms in total. The zero-order valence-electron chi connectivity index (χ0n) is 15.5. The van der Waals surface area contributed by atoms with Gasteiger partial charge in [0.05, 0.1) is 5.69 Å². The Kier molecular flexibility index (Phi) is 6.09. The molecule has 138 valence electrons. The molecule has 0 spiro atoms. The fraction of sp³-hybridized carbons (Fsp3) is 0.182. The standard InChI is InChI=1S/C22H23ClN4/c1-3-12-25-22(18-9-5-7-11-20(18)24)27-16-13-15(2)26-21(14-16)17-8-4-6-10-19(17)23/h4-11,13-14H,3,12,24H2,1-2H3,(H,25,26,27). The topological polar surface area (TPSA) is 63.3 Å². The second kappa shape index (κ2) is 8.69. The second-order valence-corrected chi connectivity index (χ2v) is 6.71. The summed E-state index contributed by atoms with van der Waals surface area (Å²) >= 11 is 6.35. The molecule has 3 aromatic rings. The molecule has 2 aromatic carbocycles. The summed E-state index contributed by atoms with van der Waals surface area (Å²) in [5, 5.41) is 4.10. The molecule has 0 amide bonds. The van der Waals surface area contributed by atoms with Crippen molar-refractivity contribution >= 4 is 28.8 Å². The maximum Gasteiger partial charge on any atom is 0.134 e. The van der Waals surface area contributed by atoms with Gasteiger partial charge in [0.15, 0.2) is 0 Å². The summed E-state index contributed by atoms with van der Waals surface area (Å²) < 4.78 is 0. The van der Waals surface area contributed by atoms with Crippen molar-refractivity contribution in [2.75, 3.05) is 17.6 Å². The van der Waals surface area contributed by atoms with Gasteiger partial charge in [0, 0.05) is 39.8 Å². The number of nitrogens with one attached hydrogen (secondary N) is 1. The van der Waals surface area contributed by atoms with Gasteiger partial charge < -0.3 is 11.1 Å². The van der Waals surface area contributed by atoms with Crippen molar-refractivity contribution in [3.8, 4) is 11.3 Å². The Morgan fingerprint density at radius 3 is 2.59 bits per heavy atom. The number of hydrogen-bond acceptors (Lipinski definition) is 3. The van der Waals surface area contributed by atoms with Crippen molar-refractivity contribution in [2.24, 2.45) is 4.99 Å². The first-order valence-corrected chi connectivity index (χ1v) is 9.36. The summed E-state index contributed by atoms with van der Waals surface area (Å²) in [4.78, 5) is 9.33. The van der Waals surface area contributed by atoms with Crippen LogP contribution in [0.2, 0.25) is 5.02 Å². The van der Waals surface area contributed by atoms with Crippen molar-refractivity contribution in [3.63, 3.8) is 0 Å². The van der Waals surface area contributed by atoms with Crippen LogP contribution in [0.25, 0.3) is 11.3 Å². The Labute approximate surface area is 165 Å². The molecule has 0 unspecified atom stereocenters. The number of aromatic nitrogens is 1. The number of halogens is 1. The number of anilines is 2. The average Bonchev–Trinajstić information content (AvgIpc) is 2.65. The van der Waals surface area contributed by atoms with Crippen molar-refractivity contribution in [1.82, 2.24) is 4.98 Å². The number of benzene rings is 2. The Bertz CT molecular complexity index is 966. The molecule has 0 saturated carbocycles. The van der Waals surface area contributed by atoms with E-state index in [0.29, 0.717) is 10.7 Å². The highest BCUT2D eigenvalue weighted by molar-refractivity contribution is 6.33. The average molecular weight is 379 g/mol. The van der Waals surface area contributed by atoms with Gasteiger partial charge >= 0.3 is 0 Å². The number of aryl methyl sites for hydroxylation is 1. The van der Waals surface area contributed by atoms with Crippen molar-refractivity contribution < 1.29 is 0 Å². The Balaban J connectivity index is 2.00. The highest BCUT2D eigenvalue weighted by atomic mass is 35.5. The molecule has 0 bridgehead atoms. The van der Waals surface area contributed by atoms with Crippen LogP contribution >= 0.6 is 11.6 Å². The highest BCUT2D eigenvalue weighted by Crippen LogP contribution is 2.28. The summed E-state index contributed by atoms with van der Waals surface area (Å²) in [6.07, 6.45) is 0.957. The lowest BCUT2D eigenvalue weighted by Gasteiger charge is -2.14. The number of rotatable bonds is 5. The minimum Gasteiger partial charge on any atom is -0.398 e. The maximum absolute atomic E-state index is 6.35. The molecule has 27 heavy (non-hydrogen) atoms. The molecular formula is C22H23ClN4. The van der Waals surface area contributed by atoms with Crippen LogP contribution in [0.3, 0.4) is 0 Å². The second-order valence-electron chi connectivity index (χ2n) is 6.30. The van der Waals surface area contributed by atoms with Crippen LogP contribution in [0.1, 0.15) is 24.6 Å². The number of pyridine rings is 1. The zero-order valence-corrected chi connectivity index (χ0v) is 16.3. The van der Waals surface area contributed by atoms with Crippen LogP contribution in [0.4, 0.5) is 11.4 Å². The number of para-hydroxylation sites is 1. The summed E-state index contributed by atoms with van der Waals surface area (Å²) in [6, 6.07) is 19.4. The normalized spacial score (nSPS) is 11.4.